The Kier molecular flexibility index (Phi) is 2.87. The molecule has 3 aromatic rings. The van der Waals surface area contributed by atoms with Gasteiger partial charge in [-0.25, -0.2) is 9.37 Å². The van der Waals surface area contributed by atoms with Crippen molar-refractivity contribution in [2.45, 2.75) is 6.92 Å². The number of anilines is 2. The van der Waals surface area contributed by atoms with Crippen molar-refractivity contribution >= 4 is 34.3 Å². The average Bonchev–Trinajstić information content (AvgIpc) is 2.75. The van der Waals surface area contributed by atoms with Crippen molar-refractivity contribution in [1.29, 1.82) is 0 Å². The summed E-state index contributed by atoms with van der Waals surface area (Å²) in [5.74, 6) is 0.163. The Morgan fingerprint density at radius 3 is 2.84 bits per heavy atom. The maximum absolute atomic E-state index is 13.1. The molecule has 0 atom stereocenters. The van der Waals surface area contributed by atoms with Gasteiger partial charge in [0.05, 0.1) is 16.1 Å². The third-order valence-corrected chi connectivity index (χ3v) is 3.11. The number of halogens is 2. The monoisotopic (exact) mass is 275 g/mol. The van der Waals surface area contributed by atoms with Gasteiger partial charge in [0.2, 0.25) is 5.95 Å². The molecule has 1 heterocycles. The topological polar surface area (TPSA) is 40.7 Å². The number of hydrogen-bond acceptors (Lipinski definition) is 2. The van der Waals surface area contributed by atoms with E-state index in [1.807, 2.05) is 25.1 Å². The van der Waals surface area contributed by atoms with Crippen LogP contribution in [-0.4, -0.2) is 9.97 Å². The number of aryl methyl sites for hydroxylation is 1. The third-order valence-electron chi connectivity index (χ3n) is 2.82. The van der Waals surface area contributed by atoms with E-state index in [4.69, 9.17) is 11.6 Å². The molecule has 0 amide bonds. The highest BCUT2D eigenvalue weighted by atomic mass is 35.5. The molecule has 0 bridgehead atoms. The van der Waals surface area contributed by atoms with Crippen LogP contribution in [0.15, 0.2) is 36.4 Å². The first-order valence-electron chi connectivity index (χ1n) is 5.80. The first-order chi connectivity index (χ1) is 9.11. The number of H-pyrrole nitrogens is 1. The zero-order chi connectivity index (χ0) is 13.4. The summed E-state index contributed by atoms with van der Waals surface area (Å²) in [5.41, 5.74) is 3.67. The predicted molar refractivity (Wildman–Crippen MR) is 75.5 cm³/mol. The quantitative estimate of drug-likeness (QED) is 0.727. The molecule has 5 heteroatoms. The van der Waals surface area contributed by atoms with Crippen LogP contribution >= 0.6 is 11.6 Å². The van der Waals surface area contributed by atoms with Crippen LogP contribution in [0.2, 0.25) is 5.02 Å². The number of aromatic nitrogens is 2. The molecule has 0 spiro atoms. The predicted octanol–water partition coefficient (Wildman–Crippen LogP) is 4.41. The van der Waals surface area contributed by atoms with Crippen LogP contribution in [0.25, 0.3) is 11.0 Å². The van der Waals surface area contributed by atoms with Gasteiger partial charge in [-0.1, -0.05) is 17.7 Å². The van der Waals surface area contributed by atoms with E-state index in [0.29, 0.717) is 11.6 Å². The van der Waals surface area contributed by atoms with Crippen molar-refractivity contribution in [2.24, 2.45) is 0 Å². The summed E-state index contributed by atoms with van der Waals surface area (Å²) in [7, 11) is 0. The summed E-state index contributed by atoms with van der Waals surface area (Å²) in [6, 6.07) is 10.4. The highest BCUT2D eigenvalue weighted by molar-refractivity contribution is 6.31. The normalized spacial score (nSPS) is 10.9. The van der Waals surface area contributed by atoms with Crippen molar-refractivity contribution in [3.05, 3.63) is 52.8 Å². The van der Waals surface area contributed by atoms with Crippen LogP contribution in [0, 0.1) is 12.7 Å². The summed E-state index contributed by atoms with van der Waals surface area (Å²) in [4.78, 5) is 7.56. The van der Waals surface area contributed by atoms with Gasteiger partial charge in [-0.2, -0.15) is 0 Å². The standard InChI is InChI=1S/C14H11ClFN3/c1-8-2-5-12-13(6-8)19-14(18-12)17-9-3-4-11(16)10(15)7-9/h2-7H,1H3,(H2,17,18,19). The molecule has 3 nitrogen and oxygen atoms in total. The highest BCUT2D eigenvalue weighted by Crippen LogP contribution is 2.23. The van der Waals surface area contributed by atoms with E-state index in [9.17, 15) is 4.39 Å². The van der Waals surface area contributed by atoms with Gasteiger partial charge in [-0.3, -0.25) is 0 Å². The van der Waals surface area contributed by atoms with Gasteiger partial charge >= 0.3 is 0 Å². The largest absolute Gasteiger partial charge is 0.326 e. The lowest BCUT2D eigenvalue weighted by molar-refractivity contribution is 0.628. The first kappa shape index (κ1) is 12.0. The average molecular weight is 276 g/mol. The van der Waals surface area contributed by atoms with E-state index in [0.717, 1.165) is 16.6 Å². The van der Waals surface area contributed by atoms with Crippen molar-refractivity contribution in [3.63, 3.8) is 0 Å². The molecule has 0 unspecified atom stereocenters. The van der Waals surface area contributed by atoms with Gasteiger partial charge in [0.1, 0.15) is 5.82 Å². The molecular weight excluding hydrogens is 265 g/mol. The number of nitrogens with one attached hydrogen (secondary N) is 2. The van der Waals surface area contributed by atoms with Crippen molar-refractivity contribution < 1.29 is 4.39 Å². The maximum atomic E-state index is 13.1. The second kappa shape index (κ2) is 4.55. The van der Waals surface area contributed by atoms with Gasteiger partial charge in [-0.15, -0.1) is 0 Å². The number of benzene rings is 2. The molecule has 96 valence electrons. The van der Waals surface area contributed by atoms with Crippen LogP contribution in [0.5, 0.6) is 0 Å². The molecule has 0 saturated carbocycles. The Balaban J connectivity index is 1.94. The van der Waals surface area contributed by atoms with Gasteiger partial charge in [0, 0.05) is 5.69 Å². The lowest BCUT2D eigenvalue weighted by Crippen LogP contribution is -1.92. The van der Waals surface area contributed by atoms with E-state index < -0.39 is 5.82 Å². The van der Waals surface area contributed by atoms with Crippen molar-refractivity contribution in [2.75, 3.05) is 5.32 Å². The minimum Gasteiger partial charge on any atom is -0.326 e. The molecule has 0 aliphatic heterocycles. The fraction of sp³-hybridized carbons (Fsp3) is 0.0714. The zero-order valence-electron chi connectivity index (χ0n) is 10.2. The number of imidazole rings is 1. The zero-order valence-corrected chi connectivity index (χ0v) is 10.9. The van der Waals surface area contributed by atoms with E-state index in [1.165, 1.54) is 12.1 Å². The third kappa shape index (κ3) is 2.39. The Morgan fingerprint density at radius 2 is 2.05 bits per heavy atom. The minimum atomic E-state index is -0.438. The first-order valence-corrected chi connectivity index (χ1v) is 6.18. The molecule has 3 rings (SSSR count). The van der Waals surface area contributed by atoms with Gasteiger partial charge < -0.3 is 10.3 Å². The number of nitrogens with zero attached hydrogens (tertiary/aromatic N) is 1. The summed E-state index contributed by atoms with van der Waals surface area (Å²) in [5, 5.41) is 3.14. The molecule has 0 saturated heterocycles. The number of hydrogen-bond donors (Lipinski definition) is 2. The van der Waals surface area contributed by atoms with Crippen molar-refractivity contribution in [3.8, 4) is 0 Å². The molecule has 0 aliphatic carbocycles. The van der Waals surface area contributed by atoms with Gasteiger partial charge in [0.25, 0.3) is 0 Å². The second-order valence-electron chi connectivity index (χ2n) is 4.36. The molecule has 0 radical (unpaired) electrons. The molecule has 0 fully saturated rings. The molecule has 1 aromatic heterocycles. The SMILES string of the molecule is Cc1ccc2nc(Nc3ccc(F)c(Cl)c3)[nH]c2c1. The van der Waals surface area contributed by atoms with Gasteiger partial charge in [-0.05, 0) is 42.8 Å². The summed E-state index contributed by atoms with van der Waals surface area (Å²) < 4.78 is 13.1. The second-order valence-corrected chi connectivity index (χ2v) is 4.77. The van der Waals surface area contributed by atoms with E-state index in [-0.39, 0.29) is 5.02 Å². The van der Waals surface area contributed by atoms with Crippen LogP contribution in [0.4, 0.5) is 16.0 Å². The summed E-state index contributed by atoms with van der Waals surface area (Å²) in [6.07, 6.45) is 0. The van der Waals surface area contributed by atoms with Crippen LogP contribution in [0.3, 0.4) is 0 Å². The Hall–Kier alpha value is -2.07. The van der Waals surface area contributed by atoms with E-state index >= 15 is 0 Å². The summed E-state index contributed by atoms with van der Waals surface area (Å²) >= 11 is 5.73. The van der Waals surface area contributed by atoms with Crippen molar-refractivity contribution in [1.82, 2.24) is 9.97 Å². The smallest absolute Gasteiger partial charge is 0.205 e. The summed E-state index contributed by atoms with van der Waals surface area (Å²) in [6.45, 7) is 2.02. The Labute approximate surface area is 114 Å². The molecule has 0 aliphatic rings. The number of rotatable bonds is 2. The Bertz CT molecular complexity index is 752. The number of fused-ring (bicyclic) bond motifs is 1. The van der Waals surface area contributed by atoms with Gasteiger partial charge in [0.15, 0.2) is 0 Å². The molecule has 19 heavy (non-hydrogen) atoms. The van der Waals surface area contributed by atoms with E-state index in [2.05, 4.69) is 15.3 Å². The van der Waals surface area contributed by atoms with Crippen LogP contribution in [-0.2, 0) is 0 Å². The van der Waals surface area contributed by atoms with Crippen LogP contribution < -0.4 is 5.32 Å². The molecule has 2 aromatic carbocycles. The number of aromatic amines is 1. The maximum Gasteiger partial charge on any atom is 0.205 e. The molecule has 2 N–H and O–H groups in total. The Morgan fingerprint density at radius 1 is 1.21 bits per heavy atom. The lowest BCUT2D eigenvalue weighted by Gasteiger charge is -2.03. The lowest BCUT2D eigenvalue weighted by atomic mass is 10.2. The highest BCUT2D eigenvalue weighted by Gasteiger charge is 2.05. The minimum absolute atomic E-state index is 0.0805. The van der Waals surface area contributed by atoms with Crippen LogP contribution in [0.1, 0.15) is 5.56 Å². The fourth-order valence-corrected chi connectivity index (χ4v) is 2.07. The molecular formula is C14H11ClFN3. The van der Waals surface area contributed by atoms with E-state index in [1.54, 1.807) is 6.07 Å². The fourth-order valence-electron chi connectivity index (χ4n) is 1.89.